The summed E-state index contributed by atoms with van der Waals surface area (Å²) in [5.74, 6) is 0. The van der Waals surface area contributed by atoms with Gasteiger partial charge in [0.15, 0.2) is 8.32 Å². The minimum absolute atomic E-state index is 0.0564. The van der Waals surface area contributed by atoms with Crippen molar-refractivity contribution in [2.24, 2.45) is 0 Å². The number of hydrogen-bond donors (Lipinski definition) is 1. The predicted octanol–water partition coefficient (Wildman–Crippen LogP) is 3.10. The summed E-state index contributed by atoms with van der Waals surface area (Å²) < 4.78 is 12.1. The lowest BCUT2D eigenvalue weighted by Crippen LogP contribution is -2.48. The van der Waals surface area contributed by atoms with E-state index in [1.54, 1.807) is 6.08 Å². The van der Waals surface area contributed by atoms with Gasteiger partial charge < -0.3 is 14.3 Å². The van der Waals surface area contributed by atoms with E-state index in [0.717, 1.165) is 0 Å². The van der Waals surface area contributed by atoms with Gasteiger partial charge in [0.05, 0.1) is 18.3 Å². The molecule has 1 fully saturated rings. The zero-order valence-electron chi connectivity index (χ0n) is 12.6. The van der Waals surface area contributed by atoms with Gasteiger partial charge in [0, 0.05) is 0 Å². The average molecular weight is 272 g/mol. The van der Waals surface area contributed by atoms with Crippen LogP contribution in [0.2, 0.25) is 18.1 Å². The maximum Gasteiger partial charge on any atom is 0.192 e. The predicted molar refractivity (Wildman–Crippen MR) is 77.2 cm³/mol. The van der Waals surface area contributed by atoms with Gasteiger partial charge in [0.25, 0.3) is 0 Å². The Morgan fingerprint density at radius 1 is 1.39 bits per heavy atom. The Kier molecular flexibility index (Phi) is 4.81. The van der Waals surface area contributed by atoms with Crippen LogP contribution >= 0.6 is 0 Å². The van der Waals surface area contributed by atoms with Crippen LogP contribution < -0.4 is 0 Å². The van der Waals surface area contributed by atoms with Crippen molar-refractivity contribution in [2.45, 2.75) is 76.7 Å². The Morgan fingerprint density at radius 3 is 2.39 bits per heavy atom. The van der Waals surface area contributed by atoms with E-state index >= 15 is 0 Å². The third-order valence-corrected chi connectivity index (χ3v) is 8.68. The Labute approximate surface area is 112 Å². The fraction of sp³-hybridized carbons (Fsp3) is 0.857. The van der Waals surface area contributed by atoms with E-state index in [1.165, 1.54) is 0 Å². The molecule has 0 aromatic carbocycles. The molecule has 1 aliphatic heterocycles. The summed E-state index contributed by atoms with van der Waals surface area (Å²) in [6.45, 7) is 16.7. The third kappa shape index (κ3) is 3.23. The van der Waals surface area contributed by atoms with Crippen molar-refractivity contribution in [1.29, 1.82) is 0 Å². The van der Waals surface area contributed by atoms with E-state index in [1.807, 2.05) is 6.92 Å². The van der Waals surface area contributed by atoms with Crippen molar-refractivity contribution in [3.8, 4) is 0 Å². The van der Waals surface area contributed by atoms with E-state index in [2.05, 4.69) is 40.4 Å². The summed E-state index contributed by atoms with van der Waals surface area (Å²) in [7, 11) is -1.87. The molecular formula is C14H28O3Si. The zero-order chi connectivity index (χ0) is 14.1. The highest BCUT2D eigenvalue weighted by molar-refractivity contribution is 6.74. The molecule has 3 nitrogen and oxygen atoms in total. The van der Waals surface area contributed by atoms with Crippen LogP contribution in [0, 0.1) is 0 Å². The molecule has 4 atom stereocenters. The molecule has 1 rings (SSSR count). The van der Waals surface area contributed by atoms with Gasteiger partial charge in [-0.05, 0) is 31.5 Å². The van der Waals surface area contributed by atoms with Crippen molar-refractivity contribution >= 4 is 8.32 Å². The molecule has 1 heterocycles. The highest BCUT2D eigenvalue weighted by atomic mass is 28.4. The number of hydrogen-bond acceptors (Lipinski definition) is 3. The molecule has 1 aliphatic rings. The highest BCUT2D eigenvalue weighted by Crippen LogP contribution is 2.39. The van der Waals surface area contributed by atoms with E-state index in [0.29, 0.717) is 6.42 Å². The first kappa shape index (κ1) is 15.9. The van der Waals surface area contributed by atoms with Gasteiger partial charge in [-0.2, -0.15) is 0 Å². The van der Waals surface area contributed by atoms with E-state index in [9.17, 15) is 5.11 Å². The molecular weight excluding hydrogens is 244 g/mol. The highest BCUT2D eigenvalue weighted by Gasteiger charge is 2.47. The van der Waals surface area contributed by atoms with Crippen LogP contribution in [-0.4, -0.2) is 37.8 Å². The molecule has 0 bridgehead atoms. The fourth-order valence-electron chi connectivity index (χ4n) is 1.96. The second-order valence-electron chi connectivity index (χ2n) is 6.74. The molecule has 0 aromatic rings. The first-order chi connectivity index (χ1) is 8.10. The molecule has 1 N–H and O–H groups in total. The van der Waals surface area contributed by atoms with Gasteiger partial charge in [0.1, 0.15) is 6.10 Å². The maximum atomic E-state index is 10.3. The Hall–Kier alpha value is -0.163. The summed E-state index contributed by atoms with van der Waals surface area (Å²) >= 11 is 0. The molecule has 0 unspecified atom stereocenters. The normalized spacial score (nSPS) is 33.7. The maximum absolute atomic E-state index is 10.3. The average Bonchev–Trinajstić information content (AvgIpc) is 2.45. The third-order valence-electron chi connectivity index (χ3n) is 4.21. The zero-order valence-corrected chi connectivity index (χ0v) is 13.6. The SMILES string of the molecule is C=CC[C@@H]1O[C@H](C)[C@H](O[Si](C)(C)C(C)(C)C)[C@H]1O. The Morgan fingerprint density at radius 2 is 1.94 bits per heavy atom. The molecule has 4 heteroatoms. The quantitative estimate of drug-likeness (QED) is 0.631. The van der Waals surface area contributed by atoms with Gasteiger partial charge in [-0.3, -0.25) is 0 Å². The van der Waals surface area contributed by atoms with Crippen molar-refractivity contribution < 1.29 is 14.3 Å². The lowest BCUT2D eigenvalue weighted by Gasteiger charge is -2.39. The number of ether oxygens (including phenoxy) is 1. The molecule has 0 saturated carbocycles. The Balaban J connectivity index is 2.76. The second kappa shape index (κ2) is 5.45. The summed E-state index contributed by atoms with van der Waals surface area (Å²) in [6, 6.07) is 0. The molecule has 0 aliphatic carbocycles. The molecule has 18 heavy (non-hydrogen) atoms. The molecule has 0 amide bonds. The van der Waals surface area contributed by atoms with Gasteiger partial charge >= 0.3 is 0 Å². The van der Waals surface area contributed by atoms with Crippen LogP contribution in [-0.2, 0) is 9.16 Å². The monoisotopic (exact) mass is 272 g/mol. The van der Waals surface area contributed by atoms with Gasteiger partial charge in [-0.1, -0.05) is 26.8 Å². The van der Waals surface area contributed by atoms with Gasteiger partial charge in [-0.15, -0.1) is 6.58 Å². The van der Waals surface area contributed by atoms with E-state index in [4.69, 9.17) is 9.16 Å². The van der Waals surface area contributed by atoms with Crippen LogP contribution in [0.15, 0.2) is 12.7 Å². The van der Waals surface area contributed by atoms with E-state index < -0.39 is 14.4 Å². The van der Waals surface area contributed by atoms with Crippen molar-refractivity contribution in [2.75, 3.05) is 0 Å². The fourth-order valence-corrected chi connectivity index (χ4v) is 3.33. The van der Waals surface area contributed by atoms with Crippen LogP contribution in [0.5, 0.6) is 0 Å². The molecule has 106 valence electrons. The summed E-state index contributed by atoms with van der Waals surface area (Å²) in [5.41, 5.74) is 0. The van der Waals surface area contributed by atoms with E-state index in [-0.39, 0.29) is 23.4 Å². The van der Waals surface area contributed by atoms with Crippen LogP contribution in [0.3, 0.4) is 0 Å². The second-order valence-corrected chi connectivity index (χ2v) is 11.5. The number of rotatable bonds is 4. The first-order valence-electron chi connectivity index (χ1n) is 6.72. The minimum Gasteiger partial charge on any atom is -0.409 e. The molecule has 0 radical (unpaired) electrons. The minimum atomic E-state index is -1.87. The largest absolute Gasteiger partial charge is 0.409 e. The topological polar surface area (TPSA) is 38.7 Å². The lowest BCUT2D eigenvalue weighted by atomic mass is 10.1. The Bertz CT molecular complexity index is 296. The molecule has 0 spiro atoms. The summed E-state index contributed by atoms with van der Waals surface area (Å²) in [4.78, 5) is 0. The van der Waals surface area contributed by atoms with Crippen molar-refractivity contribution in [1.82, 2.24) is 0 Å². The van der Waals surface area contributed by atoms with Gasteiger partial charge in [0.2, 0.25) is 0 Å². The summed E-state index contributed by atoms with van der Waals surface area (Å²) in [5, 5.41) is 10.4. The molecule has 1 saturated heterocycles. The van der Waals surface area contributed by atoms with Crippen LogP contribution in [0.4, 0.5) is 0 Å². The van der Waals surface area contributed by atoms with Crippen molar-refractivity contribution in [3.63, 3.8) is 0 Å². The van der Waals surface area contributed by atoms with Crippen molar-refractivity contribution in [3.05, 3.63) is 12.7 Å². The smallest absolute Gasteiger partial charge is 0.192 e. The summed E-state index contributed by atoms with van der Waals surface area (Å²) in [6.07, 6.45) is 1.47. The van der Waals surface area contributed by atoms with Crippen LogP contribution in [0.1, 0.15) is 34.1 Å². The molecule has 0 aromatic heterocycles. The number of aliphatic hydroxyl groups is 1. The number of aliphatic hydroxyl groups excluding tert-OH is 1. The lowest BCUT2D eigenvalue weighted by molar-refractivity contribution is 0.0186. The van der Waals surface area contributed by atoms with Gasteiger partial charge in [-0.25, -0.2) is 0 Å². The standard InChI is InChI=1S/C14H28O3Si/c1-8-9-11-12(15)13(10(2)16-11)17-18(6,7)14(3,4)5/h8,10-13,15H,1,9H2,2-7H3/t10-,11+,12+,13+/m1/s1. The van der Waals surface area contributed by atoms with Crippen LogP contribution in [0.25, 0.3) is 0 Å². The first-order valence-corrected chi connectivity index (χ1v) is 9.63.